The summed E-state index contributed by atoms with van der Waals surface area (Å²) in [6.07, 6.45) is 0.476. The van der Waals surface area contributed by atoms with Crippen molar-refractivity contribution in [2.45, 2.75) is 37.3 Å². The molecule has 174 valence electrons. The number of halogens is 2. The lowest BCUT2D eigenvalue weighted by molar-refractivity contribution is -0.0724. The van der Waals surface area contributed by atoms with Crippen molar-refractivity contribution in [3.8, 4) is 5.75 Å². The van der Waals surface area contributed by atoms with Gasteiger partial charge < -0.3 is 14.6 Å². The van der Waals surface area contributed by atoms with Crippen LogP contribution in [0, 0.1) is 0 Å². The summed E-state index contributed by atoms with van der Waals surface area (Å²) in [6.45, 7) is 8.49. The summed E-state index contributed by atoms with van der Waals surface area (Å²) in [5, 5.41) is 11.0. The highest BCUT2D eigenvalue weighted by Crippen LogP contribution is 2.30. The molecule has 4 rings (SSSR count). The van der Waals surface area contributed by atoms with Crippen molar-refractivity contribution in [2.75, 3.05) is 72.2 Å². The topological polar surface area (TPSA) is 48.4 Å². The number of aliphatic hydroxyl groups is 1. The summed E-state index contributed by atoms with van der Waals surface area (Å²) in [5.41, 5.74) is 0.372. The van der Waals surface area contributed by atoms with Gasteiger partial charge in [0.1, 0.15) is 12.4 Å². The monoisotopic (exact) mass is 439 g/mol. The molecule has 0 amide bonds. The third kappa shape index (κ3) is 6.83. The first-order chi connectivity index (χ1) is 14.9. The van der Waals surface area contributed by atoms with Crippen LogP contribution in [-0.4, -0.2) is 104 Å². The summed E-state index contributed by atoms with van der Waals surface area (Å²) in [6, 6.07) is 8.16. The van der Waals surface area contributed by atoms with E-state index in [1.165, 1.54) is 5.56 Å². The first-order valence-corrected chi connectivity index (χ1v) is 11.5. The minimum atomic E-state index is -2.54. The fraction of sp³-hybridized carbons (Fsp3) is 0.739. The molecule has 3 saturated heterocycles. The third-order valence-corrected chi connectivity index (χ3v) is 6.63. The highest BCUT2D eigenvalue weighted by molar-refractivity contribution is 5.27. The first-order valence-electron chi connectivity index (χ1n) is 11.5. The van der Waals surface area contributed by atoms with E-state index < -0.39 is 11.5 Å². The van der Waals surface area contributed by atoms with E-state index in [0.717, 1.165) is 51.7 Å². The number of ether oxygens (including phenoxy) is 2. The maximum absolute atomic E-state index is 13.4. The van der Waals surface area contributed by atoms with E-state index in [9.17, 15) is 13.9 Å². The third-order valence-electron chi connectivity index (χ3n) is 6.63. The molecule has 31 heavy (non-hydrogen) atoms. The number of hydrogen-bond acceptors (Lipinski definition) is 6. The summed E-state index contributed by atoms with van der Waals surface area (Å²) < 4.78 is 38.0. The molecule has 0 saturated carbocycles. The van der Waals surface area contributed by atoms with E-state index in [-0.39, 0.29) is 12.8 Å². The largest absolute Gasteiger partial charge is 0.492 e. The number of nitrogens with zero attached hydrogens (tertiary/aromatic N) is 3. The highest BCUT2D eigenvalue weighted by Gasteiger charge is 2.40. The van der Waals surface area contributed by atoms with Crippen LogP contribution >= 0.6 is 0 Å². The molecule has 8 heteroatoms. The zero-order valence-electron chi connectivity index (χ0n) is 18.3. The van der Waals surface area contributed by atoms with E-state index in [2.05, 4.69) is 21.9 Å². The Morgan fingerprint density at radius 2 is 1.58 bits per heavy atom. The summed E-state index contributed by atoms with van der Waals surface area (Å²) in [5.74, 6) is -1.67. The van der Waals surface area contributed by atoms with Crippen molar-refractivity contribution in [3.63, 3.8) is 0 Å². The van der Waals surface area contributed by atoms with Crippen molar-refractivity contribution in [3.05, 3.63) is 29.8 Å². The minimum Gasteiger partial charge on any atom is -0.492 e. The Morgan fingerprint density at radius 1 is 0.903 bits per heavy atom. The summed E-state index contributed by atoms with van der Waals surface area (Å²) in [7, 11) is 0. The van der Waals surface area contributed by atoms with Gasteiger partial charge in [0.15, 0.2) is 0 Å². The Hall–Kier alpha value is -1.32. The van der Waals surface area contributed by atoms with Crippen molar-refractivity contribution in [2.24, 2.45) is 0 Å². The molecule has 0 radical (unpaired) electrons. The lowest BCUT2D eigenvalue weighted by atomic mass is 10.00. The predicted molar refractivity (Wildman–Crippen MR) is 115 cm³/mol. The zero-order chi connectivity index (χ0) is 21.7. The van der Waals surface area contributed by atoms with Crippen LogP contribution in [0.4, 0.5) is 8.78 Å². The number of β-amino-alcohol motifs (C(OH)–C–C–N with tert-alkyl or cyclic N) is 1. The minimum absolute atomic E-state index is 0.104. The second-order valence-electron chi connectivity index (χ2n) is 9.26. The maximum atomic E-state index is 13.4. The molecule has 1 atom stereocenters. The van der Waals surface area contributed by atoms with Crippen LogP contribution in [0.3, 0.4) is 0 Å². The molecule has 6 nitrogen and oxygen atoms in total. The van der Waals surface area contributed by atoms with Gasteiger partial charge in [-0.2, -0.15) is 0 Å². The smallest absolute Gasteiger partial charge is 0.250 e. The van der Waals surface area contributed by atoms with Crippen LogP contribution in [0.1, 0.15) is 24.8 Å². The Bertz CT molecular complexity index is 690. The molecule has 1 aromatic rings. The molecule has 0 aromatic heterocycles. The fourth-order valence-electron chi connectivity index (χ4n) is 4.73. The average Bonchev–Trinajstić information content (AvgIpc) is 3.12. The van der Waals surface area contributed by atoms with Crippen molar-refractivity contribution in [1.82, 2.24) is 14.7 Å². The van der Waals surface area contributed by atoms with Gasteiger partial charge >= 0.3 is 0 Å². The second-order valence-corrected chi connectivity index (χ2v) is 9.26. The maximum Gasteiger partial charge on any atom is 0.250 e. The summed E-state index contributed by atoms with van der Waals surface area (Å²) in [4.78, 5) is 6.58. The van der Waals surface area contributed by atoms with Gasteiger partial charge in [-0.1, -0.05) is 12.1 Å². The summed E-state index contributed by atoms with van der Waals surface area (Å²) >= 11 is 0. The van der Waals surface area contributed by atoms with E-state index in [4.69, 9.17) is 9.47 Å². The van der Waals surface area contributed by atoms with E-state index in [1.807, 2.05) is 17.0 Å². The fourth-order valence-corrected chi connectivity index (χ4v) is 4.73. The normalized spacial score (nSPS) is 28.1. The Labute approximate surface area is 183 Å². The molecule has 3 aliphatic heterocycles. The number of morpholine rings is 1. The number of benzene rings is 1. The lowest BCUT2D eigenvalue weighted by Gasteiger charge is -2.36. The molecule has 0 aliphatic carbocycles. The van der Waals surface area contributed by atoms with Gasteiger partial charge in [0.2, 0.25) is 0 Å². The van der Waals surface area contributed by atoms with Crippen molar-refractivity contribution >= 4 is 0 Å². The number of piperidine rings is 1. The first kappa shape index (κ1) is 22.9. The Morgan fingerprint density at radius 3 is 2.29 bits per heavy atom. The molecule has 3 aliphatic rings. The van der Waals surface area contributed by atoms with Crippen LogP contribution in [-0.2, 0) is 11.3 Å². The van der Waals surface area contributed by atoms with E-state index in [0.29, 0.717) is 39.2 Å². The van der Waals surface area contributed by atoms with Crippen LogP contribution in [0.15, 0.2) is 24.3 Å². The van der Waals surface area contributed by atoms with Gasteiger partial charge in [0, 0.05) is 71.7 Å². The van der Waals surface area contributed by atoms with E-state index >= 15 is 0 Å². The molecule has 1 unspecified atom stereocenters. The molecular weight excluding hydrogens is 404 g/mol. The van der Waals surface area contributed by atoms with Crippen molar-refractivity contribution < 1.29 is 23.4 Å². The molecular formula is C23H35F2N3O3. The average molecular weight is 440 g/mol. The molecule has 1 N–H and O–H groups in total. The van der Waals surface area contributed by atoms with Gasteiger partial charge in [-0.15, -0.1) is 0 Å². The van der Waals surface area contributed by atoms with Crippen LogP contribution in [0.5, 0.6) is 5.75 Å². The number of likely N-dealkylation sites (tertiary alicyclic amines) is 2. The molecule has 0 bridgehead atoms. The Kier molecular flexibility index (Phi) is 7.44. The van der Waals surface area contributed by atoms with Gasteiger partial charge in [0.05, 0.1) is 18.8 Å². The quantitative estimate of drug-likeness (QED) is 0.669. The van der Waals surface area contributed by atoms with Crippen molar-refractivity contribution in [1.29, 1.82) is 0 Å². The number of rotatable bonds is 8. The molecule has 1 aromatic carbocycles. The zero-order valence-corrected chi connectivity index (χ0v) is 18.3. The molecule has 0 spiro atoms. The highest BCUT2D eigenvalue weighted by atomic mass is 19.3. The SMILES string of the molecule is OC1(CN2CCC(F)(F)CC2)CCN(Cc2ccc(OCCN3CCOCC3)cc2)C1. The lowest BCUT2D eigenvalue weighted by Crippen LogP contribution is -2.49. The van der Waals surface area contributed by atoms with Gasteiger partial charge in [-0.25, -0.2) is 8.78 Å². The number of hydrogen-bond donors (Lipinski definition) is 1. The second kappa shape index (κ2) is 10.1. The van der Waals surface area contributed by atoms with Gasteiger partial charge in [0.25, 0.3) is 5.92 Å². The van der Waals surface area contributed by atoms with E-state index in [1.54, 1.807) is 0 Å². The van der Waals surface area contributed by atoms with Crippen LogP contribution in [0.25, 0.3) is 0 Å². The van der Waals surface area contributed by atoms with Gasteiger partial charge in [-0.05, 0) is 24.1 Å². The molecule has 3 fully saturated rings. The Balaban J connectivity index is 1.18. The number of alkyl halides is 2. The van der Waals surface area contributed by atoms with Crippen LogP contribution in [0.2, 0.25) is 0 Å². The van der Waals surface area contributed by atoms with Gasteiger partial charge in [-0.3, -0.25) is 14.7 Å². The molecule has 3 heterocycles. The van der Waals surface area contributed by atoms with Crippen LogP contribution < -0.4 is 4.74 Å². The standard InChI is InChI=1S/C23H35F2N3O3/c24-23(25)6-9-27(10-7-23)18-22(29)5-8-28(19-22)17-20-1-3-21(4-2-20)31-16-13-26-11-14-30-15-12-26/h1-4,29H,5-19H2. The predicted octanol–water partition coefficient (Wildman–Crippen LogP) is 2.07.